The van der Waals surface area contributed by atoms with Crippen molar-refractivity contribution < 1.29 is 4.57 Å². The molecule has 0 amide bonds. The number of nitrogens with zero attached hydrogens (tertiary/aromatic N) is 3. The molecule has 0 radical (unpaired) electrons. The van der Waals surface area contributed by atoms with Gasteiger partial charge in [-0.2, -0.15) is 0 Å². The quantitative estimate of drug-likeness (QED) is 0.203. The van der Waals surface area contributed by atoms with Crippen LogP contribution in [0.5, 0.6) is 0 Å². The van der Waals surface area contributed by atoms with Crippen LogP contribution in [0.25, 0.3) is 60.9 Å². The van der Waals surface area contributed by atoms with Gasteiger partial charge in [0.25, 0.3) is 0 Å². The van der Waals surface area contributed by atoms with Gasteiger partial charge in [0.05, 0.1) is 16.6 Å². The second-order valence-electron chi connectivity index (χ2n) is 11.0. The summed E-state index contributed by atoms with van der Waals surface area (Å²) in [6.45, 7) is 0. The molecule has 8 aromatic rings. The largest absolute Gasteiger partial charge is 0.309 e. The maximum Gasteiger partial charge on any atom is 0.172 e. The predicted molar refractivity (Wildman–Crippen MR) is 178 cm³/mol. The minimum Gasteiger partial charge on any atom is -0.309 e. The third-order valence-corrected chi connectivity index (χ3v) is 11.8. The molecule has 9 rings (SSSR count). The van der Waals surface area contributed by atoms with Crippen molar-refractivity contribution in [2.24, 2.45) is 0 Å². The Kier molecular flexibility index (Phi) is 5.14. The molecule has 5 heteroatoms. The Bertz CT molecular complexity index is 2430. The number of rotatable bonds is 3. The summed E-state index contributed by atoms with van der Waals surface area (Å²) in [7, 11) is -3.03. The maximum absolute atomic E-state index is 15.2. The van der Waals surface area contributed by atoms with Crippen molar-refractivity contribution in [2.75, 3.05) is 0 Å². The molecule has 6 aromatic carbocycles. The molecule has 4 nitrogen and oxygen atoms in total. The fraction of sp³-hybridized carbons (Fsp3) is 0. The summed E-state index contributed by atoms with van der Waals surface area (Å²) in [5, 5.41) is 5.96. The van der Waals surface area contributed by atoms with Crippen LogP contribution < -0.4 is 15.9 Å². The highest BCUT2D eigenvalue weighted by Crippen LogP contribution is 2.53. The van der Waals surface area contributed by atoms with Gasteiger partial charge in [0.2, 0.25) is 0 Å². The van der Waals surface area contributed by atoms with E-state index in [2.05, 4.69) is 76.3 Å². The first-order valence-corrected chi connectivity index (χ1v) is 16.1. The first-order chi connectivity index (χ1) is 21.2. The molecule has 0 spiro atoms. The van der Waals surface area contributed by atoms with E-state index in [9.17, 15) is 0 Å². The Balaban J connectivity index is 1.26. The van der Waals surface area contributed by atoms with Crippen molar-refractivity contribution in [2.45, 2.75) is 0 Å². The number of fused-ring (bicyclic) bond motifs is 7. The highest BCUT2D eigenvalue weighted by molar-refractivity contribution is 7.86. The second-order valence-corrected chi connectivity index (χ2v) is 13.7. The van der Waals surface area contributed by atoms with Crippen molar-refractivity contribution in [1.29, 1.82) is 0 Å². The lowest BCUT2D eigenvalue weighted by molar-refractivity contribution is 0.593. The van der Waals surface area contributed by atoms with E-state index in [4.69, 9.17) is 4.98 Å². The van der Waals surface area contributed by atoms with Gasteiger partial charge in [-0.25, -0.2) is 9.97 Å². The topological polar surface area (TPSA) is 47.8 Å². The van der Waals surface area contributed by atoms with Crippen LogP contribution in [0.4, 0.5) is 0 Å². The van der Waals surface area contributed by atoms with Gasteiger partial charge in [-0.3, -0.25) is 0 Å². The van der Waals surface area contributed by atoms with Crippen LogP contribution >= 0.6 is 7.14 Å². The highest BCUT2D eigenvalue weighted by atomic mass is 31.2. The summed E-state index contributed by atoms with van der Waals surface area (Å²) in [5.41, 5.74) is 7.24. The Morgan fingerprint density at radius 3 is 2.21 bits per heavy atom. The van der Waals surface area contributed by atoms with Gasteiger partial charge in [-0.05, 0) is 59.7 Å². The summed E-state index contributed by atoms with van der Waals surface area (Å²) >= 11 is 0. The van der Waals surface area contributed by atoms with Gasteiger partial charge in [0.1, 0.15) is 0 Å². The van der Waals surface area contributed by atoms with E-state index >= 15 is 4.57 Å². The van der Waals surface area contributed by atoms with Crippen LogP contribution in [-0.2, 0) is 4.57 Å². The van der Waals surface area contributed by atoms with Crippen molar-refractivity contribution >= 4 is 55.8 Å². The fourth-order valence-electron chi connectivity index (χ4n) is 6.65. The van der Waals surface area contributed by atoms with Gasteiger partial charge < -0.3 is 9.13 Å². The molecule has 1 aliphatic rings. The number of aromatic nitrogens is 3. The van der Waals surface area contributed by atoms with E-state index in [0.717, 1.165) is 71.0 Å². The Morgan fingerprint density at radius 1 is 0.581 bits per heavy atom. The van der Waals surface area contributed by atoms with E-state index < -0.39 is 7.14 Å². The van der Waals surface area contributed by atoms with E-state index in [-0.39, 0.29) is 0 Å². The standard InChI is InChI=1S/C38H24N3OP/c42-43(28-11-2-1-3-12-28)36-17-9-6-14-30(36)32-22-35-31(23-37(32)43)29-13-5-8-16-34(29)41(35)27-20-18-25(19-21-27)38-39-24-26-10-4-7-15-33(26)40-38/h1-24H. The number of hydrogen-bond donors (Lipinski definition) is 0. The lowest BCUT2D eigenvalue weighted by Gasteiger charge is -2.16. The van der Waals surface area contributed by atoms with Gasteiger partial charge in [-0.15, -0.1) is 0 Å². The van der Waals surface area contributed by atoms with Crippen LogP contribution in [0.2, 0.25) is 0 Å². The van der Waals surface area contributed by atoms with Crippen molar-refractivity contribution in [3.63, 3.8) is 0 Å². The first kappa shape index (κ1) is 24.3. The average molecular weight is 570 g/mol. The van der Waals surface area contributed by atoms with Crippen LogP contribution in [0.15, 0.2) is 146 Å². The molecule has 0 fully saturated rings. The van der Waals surface area contributed by atoms with Gasteiger partial charge in [-0.1, -0.05) is 91.0 Å². The van der Waals surface area contributed by atoms with E-state index in [1.165, 1.54) is 0 Å². The molecular weight excluding hydrogens is 545 g/mol. The van der Waals surface area contributed by atoms with E-state index in [1.807, 2.05) is 79.0 Å². The molecule has 0 aliphatic carbocycles. The maximum atomic E-state index is 15.2. The second kappa shape index (κ2) is 9.09. The molecule has 2 aromatic heterocycles. The third-order valence-electron chi connectivity index (χ3n) is 8.66. The van der Waals surface area contributed by atoms with Crippen molar-refractivity contribution in [3.8, 4) is 28.2 Å². The molecule has 0 saturated heterocycles. The summed E-state index contributed by atoms with van der Waals surface area (Å²) in [4.78, 5) is 9.42. The lowest BCUT2D eigenvalue weighted by atomic mass is 10.0. The molecule has 0 N–H and O–H groups in total. The fourth-order valence-corrected chi connectivity index (χ4v) is 9.72. The molecular formula is C38H24N3OP. The first-order valence-electron chi connectivity index (χ1n) is 14.4. The van der Waals surface area contributed by atoms with Crippen molar-refractivity contribution in [1.82, 2.24) is 14.5 Å². The van der Waals surface area contributed by atoms with Gasteiger partial charge in [0, 0.05) is 49.5 Å². The monoisotopic (exact) mass is 569 g/mol. The number of para-hydroxylation sites is 2. The molecule has 1 atom stereocenters. The molecule has 202 valence electrons. The molecule has 3 heterocycles. The number of benzene rings is 6. The molecule has 1 aliphatic heterocycles. The van der Waals surface area contributed by atoms with Gasteiger partial charge >= 0.3 is 0 Å². The minimum atomic E-state index is -3.03. The van der Waals surface area contributed by atoms with E-state index in [0.29, 0.717) is 5.82 Å². The number of hydrogen-bond acceptors (Lipinski definition) is 3. The lowest BCUT2D eigenvalue weighted by Crippen LogP contribution is -2.20. The normalized spacial score (nSPS) is 15.6. The molecule has 0 bridgehead atoms. The summed E-state index contributed by atoms with van der Waals surface area (Å²) < 4.78 is 17.5. The molecule has 1 unspecified atom stereocenters. The third kappa shape index (κ3) is 3.48. The minimum absolute atomic E-state index is 0.707. The SMILES string of the molecule is O=P1(c2ccccc2)c2ccccc2-c2cc3c(cc21)c1ccccc1n3-c1ccc(-c2ncc3ccccc3n2)cc1. The summed E-state index contributed by atoms with van der Waals surface area (Å²) in [6, 6.07) is 47.5. The zero-order valence-corrected chi connectivity index (χ0v) is 23.9. The summed E-state index contributed by atoms with van der Waals surface area (Å²) in [6.07, 6.45) is 1.88. The van der Waals surface area contributed by atoms with Crippen molar-refractivity contribution in [3.05, 3.63) is 146 Å². The average Bonchev–Trinajstić information content (AvgIpc) is 3.54. The smallest absolute Gasteiger partial charge is 0.172 e. The Morgan fingerprint density at radius 2 is 1.33 bits per heavy atom. The van der Waals surface area contributed by atoms with Crippen LogP contribution in [0, 0.1) is 0 Å². The van der Waals surface area contributed by atoms with E-state index in [1.54, 1.807) is 0 Å². The highest BCUT2D eigenvalue weighted by Gasteiger charge is 2.40. The summed E-state index contributed by atoms with van der Waals surface area (Å²) in [5.74, 6) is 0.707. The van der Waals surface area contributed by atoms with Gasteiger partial charge in [0.15, 0.2) is 13.0 Å². The van der Waals surface area contributed by atoms with Crippen LogP contribution in [0.1, 0.15) is 0 Å². The Labute approximate surface area is 248 Å². The molecule has 0 saturated carbocycles. The van der Waals surface area contributed by atoms with Crippen LogP contribution in [0.3, 0.4) is 0 Å². The predicted octanol–water partition coefficient (Wildman–Crippen LogP) is 8.01. The van der Waals surface area contributed by atoms with Crippen LogP contribution in [-0.4, -0.2) is 14.5 Å². The zero-order chi connectivity index (χ0) is 28.5. The zero-order valence-electron chi connectivity index (χ0n) is 23.1. The molecule has 43 heavy (non-hydrogen) atoms. The Hall–Kier alpha value is -5.31.